The summed E-state index contributed by atoms with van der Waals surface area (Å²) in [5, 5.41) is 0. The summed E-state index contributed by atoms with van der Waals surface area (Å²) in [7, 11) is 2.25. The molecule has 236 valence electrons. The van der Waals surface area contributed by atoms with E-state index in [0.29, 0.717) is 12.3 Å². The van der Waals surface area contributed by atoms with Crippen LogP contribution < -0.4 is 4.48 Å². The Morgan fingerprint density at radius 3 is 1.59 bits per heavy atom. The third-order valence-electron chi connectivity index (χ3n) is 9.18. The number of unbranched alkanes of at least 4 members (excludes halogenated alkanes) is 19. The quantitative estimate of drug-likeness (QED) is 0.0776. The first-order valence-electron chi connectivity index (χ1n) is 17.8. The Kier molecular flexibility index (Phi) is 20.2. The van der Waals surface area contributed by atoms with Crippen LogP contribution in [0.4, 0.5) is 5.69 Å². The van der Waals surface area contributed by atoms with Gasteiger partial charge < -0.3 is 4.74 Å². The third kappa shape index (κ3) is 16.7. The van der Waals surface area contributed by atoms with Crippen LogP contribution in [0.3, 0.4) is 0 Å². The molecular formula is C37H67N2O2+. The molecule has 0 aliphatic carbocycles. The van der Waals surface area contributed by atoms with Crippen LogP contribution >= 0.6 is 0 Å². The van der Waals surface area contributed by atoms with Crippen LogP contribution in [0.2, 0.25) is 0 Å². The monoisotopic (exact) mass is 572 g/mol. The summed E-state index contributed by atoms with van der Waals surface area (Å²) in [6, 6.07) is 8.79. The number of quaternary nitrogens is 1. The third-order valence-corrected chi connectivity index (χ3v) is 9.18. The van der Waals surface area contributed by atoms with Crippen LogP contribution in [0.15, 0.2) is 24.3 Å². The molecule has 2 rings (SSSR count). The van der Waals surface area contributed by atoms with E-state index in [-0.39, 0.29) is 0 Å². The minimum atomic E-state index is 0.298. The summed E-state index contributed by atoms with van der Waals surface area (Å²) in [4.78, 5) is 14.3. The normalized spacial score (nSPS) is 15.1. The van der Waals surface area contributed by atoms with Crippen molar-refractivity contribution in [3.63, 3.8) is 0 Å². The van der Waals surface area contributed by atoms with Crippen LogP contribution in [0.25, 0.3) is 0 Å². The lowest BCUT2D eigenvalue weighted by atomic mass is 10.0. The molecule has 0 N–H and O–H groups in total. The molecule has 1 fully saturated rings. The largest absolute Gasteiger partial charge is 0.376 e. The van der Waals surface area contributed by atoms with Crippen molar-refractivity contribution in [1.29, 1.82) is 0 Å². The smallest absolute Gasteiger partial charge is 0.226 e. The molecule has 1 aromatic carbocycles. The van der Waals surface area contributed by atoms with E-state index >= 15 is 0 Å². The van der Waals surface area contributed by atoms with Crippen molar-refractivity contribution < 1.29 is 9.53 Å². The molecule has 1 unspecified atom stereocenters. The molecule has 0 bridgehead atoms. The number of hydrogen-bond donors (Lipinski definition) is 0. The highest BCUT2D eigenvalue weighted by Crippen LogP contribution is 2.24. The van der Waals surface area contributed by atoms with E-state index in [9.17, 15) is 4.79 Å². The zero-order chi connectivity index (χ0) is 29.4. The number of ether oxygens (including phenoxy) is 1. The van der Waals surface area contributed by atoms with Crippen molar-refractivity contribution in [2.75, 3.05) is 40.0 Å². The van der Waals surface area contributed by atoms with Gasteiger partial charge in [0.1, 0.15) is 12.2 Å². The van der Waals surface area contributed by atoms with Crippen molar-refractivity contribution >= 4 is 11.6 Å². The van der Waals surface area contributed by atoms with Crippen molar-refractivity contribution in [1.82, 2.24) is 9.38 Å². The number of benzene rings is 1. The van der Waals surface area contributed by atoms with E-state index < -0.39 is 0 Å². The summed E-state index contributed by atoms with van der Waals surface area (Å²) >= 11 is 0. The Bertz CT molecular complexity index is 765. The number of aryl methyl sites for hydroxylation is 1. The van der Waals surface area contributed by atoms with Crippen LogP contribution in [0, 0.1) is 6.92 Å². The molecule has 1 aromatic rings. The van der Waals surface area contributed by atoms with Crippen LogP contribution in [-0.2, 0) is 9.53 Å². The number of nitrogens with zero attached hydrogens (tertiary/aromatic N) is 2. The van der Waals surface area contributed by atoms with Gasteiger partial charge in [0.05, 0.1) is 13.7 Å². The van der Waals surface area contributed by atoms with Gasteiger partial charge in [0.15, 0.2) is 6.67 Å². The Labute approximate surface area is 255 Å². The van der Waals surface area contributed by atoms with E-state index in [1.165, 1.54) is 133 Å². The first-order valence-corrected chi connectivity index (χ1v) is 17.8. The SMILES string of the molecule is CCCCCCCCCCCCCCCCCCCCCCOCC[N+](C)(CN1CCCC1=O)c1ccc(C)cc1. The van der Waals surface area contributed by atoms with Crippen LogP contribution in [0.5, 0.6) is 0 Å². The average Bonchev–Trinajstić information content (AvgIpc) is 3.37. The average molecular weight is 572 g/mol. The fourth-order valence-electron chi connectivity index (χ4n) is 6.24. The number of carbonyl (C=O) groups excluding carboxylic acids is 1. The van der Waals surface area contributed by atoms with Gasteiger partial charge in [0.25, 0.3) is 0 Å². The molecule has 4 nitrogen and oxygen atoms in total. The van der Waals surface area contributed by atoms with E-state index in [0.717, 1.165) is 50.3 Å². The zero-order valence-corrected chi connectivity index (χ0v) is 27.6. The summed E-state index contributed by atoms with van der Waals surface area (Å²) in [5.74, 6) is 0.298. The van der Waals surface area contributed by atoms with Crippen molar-refractivity contribution in [3.05, 3.63) is 29.8 Å². The number of likely N-dealkylation sites (N-methyl/N-ethyl adjacent to an activating group) is 1. The number of rotatable bonds is 27. The molecule has 1 amide bonds. The maximum absolute atomic E-state index is 12.3. The fraction of sp³-hybridized carbons (Fsp3) is 0.811. The molecule has 1 aliphatic rings. The minimum absolute atomic E-state index is 0.298. The fourth-order valence-corrected chi connectivity index (χ4v) is 6.24. The topological polar surface area (TPSA) is 29.5 Å². The van der Waals surface area contributed by atoms with E-state index in [1.54, 1.807) is 0 Å². The Balaban J connectivity index is 1.39. The molecule has 0 spiro atoms. The van der Waals surface area contributed by atoms with E-state index in [2.05, 4.69) is 45.2 Å². The van der Waals surface area contributed by atoms with Gasteiger partial charge in [-0.3, -0.25) is 14.2 Å². The second kappa shape index (κ2) is 23.1. The summed E-state index contributed by atoms with van der Waals surface area (Å²) in [5.41, 5.74) is 2.53. The Morgan fingerprint density at radius 2 is 1.15 bits per heavy atom. The summed E-state index contributed by atoms with van der Waals surface area (Å²) < 4.78 is 6.81. The summed E-state index contributed by atoms with van der Waals surface area (Å²) in [6.45, 7) is 8.55. The van der Waals surface area contributed by atoms with Gasteiger partial charge in [-0.05, 0) is 31.9 Å². The number of amides is 1. The molecule has 1 heterocycles. The maximum atomic E-state index is 12.3. The second-order valence-corrected chi connectivity index (χ2v) is 13.2. The standard InChI is InChI=1S/C37H67N2O2/c1-4-5-6-7-8-9-10-11-12-13-14-15-16-17-18-19-20-21-22-23-32-41-33-31-39(3,34-38-30-24-25-37(38)40)36-28-26-35(2)27-29-36/h26-29H,4-25,30-34H2,1-3H3/q+1. The van der Waals surface area contributed by atoms with Gasteiger partial charge in [-0.2, -0.15) is 0 Å². The molecule has 1 saturated heterocycles. The number of hydrogen-bond acceptors (Lipinski definition) is 2. The van der Waals surface area contributed by atoms with E-state index in [4.69, 9.17) is 4.74 Å². The highest BCUT2D eigenvalue weighted by Gasteiger charge is 2.32. The van der Waals surface area contributed by atoms with Crippen molar-refractivity contribution in [2.45, 2.75) is 155 Å². The van der Waals surface area contributed by atoms with Crippen LogP contribution in [-0.4, -0.2) is 50.8 Å². The van der Waals surface area contributed by atoms with Gasteiger partial charge in [-0.25, -0.2) is 0 Å². The molecular weight excluding hydrogens is 504 g/mol. The summed E-state index contributed by atoms with van der Waals surface area (Å²) in [6.07, 6.45) is 29.9. The first-order chi connectivity index (χ1) is 20.0. The maximum Gasteiger partial charge on any atom is 0.226 e. The molecule has 1 aliphatic heterocycles. The zero-order valence-electron chi connectivity index (χ0n) is 27.6. The first kappa shape index (κ1) is 35.8. The molecule has 0 radical (unpaired) electrons. The predicted molar refractivity (Wildman–Crippen MR) is 178 cm³/mol. The molecule has 0 aromatic heterocycles. The van der Waals surface area contributed by atoms with Crippen LogP contribution in [0.1, 0.15) is 154 Å². The van der Waals surface area contributed by atoms with Crippen molar-refractivity contribution in [2.24, 2.45) is 0 Å². The molecule has 4 heteroatoms. The van der Waals surface area contributed by atoms with Gasteiger partial charge in [0, 0.05) is 19.6 Å². The van der Waals surface area contributed by atoms with E-state index in [1.807, 2.05) is 4.90 Å². The Hall–Kier alpha value is -1.39. The molecule has 1 atom stereocenters. The predicted octanol–water partition coefficient (Wildman–Crippen LogP) is 10.4. The molecule has 41 heavy (non-hydrogen) atoms. The molecule has 0 saturated carbocycles. The van der Waals surface area contributed by atoms with Gasteiger partial charge in [-0.1, -0.05) is 147 Å². The highest BCUT2D eigenvalue weighted by atomic mass is 16.5. The van der Waals surface area contributed by atoms with Crippen molar-refractivity contribution in [3.8, 4) is 0 Å². The lowest BCUT2D eigenvalue weighted by molar-refractivity contribution is -0.129. The van der Waals surface area contributed by atoms with Gasteiger partial charge in [0.2, 0.25) is 5.91 Å². The lowest BCUT2D eigenvalue weighted by Crippen LogP contribution is -2.54. The second-order valence-electron chi connectivity index (χ2n) is 13.2. The van der Waals surface area contributed by atoms with Gasteiger partial charge in [-0.15, -0.1) is 0 Å². The lowest BCUT2D eigenvalue weighted by Gasteiger charge is -2.37. The Morgan fingerprint density at radius 1 is 0.683 bits per heavy atom. The number of likely N-dealkylation sites (tertiary alicyclic amines) is 1. The highest BCUT2D eigenvalue weighted by molar-refractivity contribution is 5.78. The van der Waals surface area contributed by atoms with Gasteiger partial charge >= 0.3 is 0 Å². The number of carbonyl (C=O) groups is 1. The minimum Gasteiger partial charge on any atom is -0.376 e.